The van der Waals surface area contributed by atoms with Crippen LogP contribution in [-0.2, 0) is 14.3 Å². The first-order chi connectivity index (χ1) is 12.0. The zero-order chi connectivity index (χ0) is 18.2. The Morgan fingerprint density at radius 1 is 1.08 bits per heavy atom. The SMILES string of the molecule is COc1ccc(NC(=O)COC(=O)COc2ccc(C)cc2Br)cc1. The van der Waals surface area contributed by atoms with Crippen LogP contribution in [0, 0.1) is 6.92 Å². The summed E-state index contributed by atoms with van der Waals surface area (Å²) in [6.07, 6.45) is 0. The van der Waals surface area contributed by atoms with Crippen LogP contribution in [0.3, 0.4) is 0 Å². The van der Waals surface area contributed by atoms with Crippen molar-refractivity contribution in [2.24, 2.45) is 0 Å². The van der Waals surface area contributed by atoms with Gasteiger partial charge in [-0.1, -0.05) is 6.07 Å². The van der Waals surface area contributed by atoms with Gasteiger partial charge in [-0.15, -0.1) is 0 Å². The molecule has 132 valence electrons. The Labute approximate surface area is 154 Å². The average Bonchev–Trinajstić information content (AvgIpc) is 2.60. The van der Waals surface area contributed by atoms with E-state index in [0.29, 0.717) is 17.2 Å². The van der Waals surface area contributed by atoms with Gasteiger partial charge in [0.05, 0.1) is 11.6 Å². The van der Waals surface area contributed by atoms with E-state index < -0.39 is 11.9 Å². The van der Waals surface area contributed by atoms with Crippen molar-refractivity contribution in [2.45, 2.75) is 6.92 Å². The van der Waals surface area contributed by atoms with Gasteiger partial charge in [0.2, 0.25) is 0 Å². The normalized spacial score (nSPS) is 10.0. The zero-order valence-corrected chi connectivity index (χ0v) is 15.5. The van der Waals surface area contributed by atoms with Crippen LogP contribution in [0.15, 0.2) is 46.9 Å². The summed E-state index contributed by atoms with van der Waals surface area (Å²) in [5, 5.41) is 2.62. The minimum absolute atomic E-state index is 0.280. The van der Waals surface area contributed by atoms with Crippen LogP contribution < -0.4 is 14.8 Å². The molecule has 0 aliphatic rings. The summed E-state index contributed by atoms with van der Waals surface area (Å²) < 4.78 is 16.0. The number of aryl methyl sites for hydroxylation is 1. The molecular formula is C18H18BrNO5. The molecule has 0 aliphatic carbocycles. The highest BCUT2D eigenvalue weighted by molar-refractivity contribution is 9.10. The number of hydrogen-bond donors (Lipinski definition) is 1. The third kappa shape index (κ3) is 6.11. The second-order valence-electron chi connectivity index (χ2n) is 5.16. The van der Waals surface area contributed by atoms with Crippen molar-refractivity contribution in [1.82, 2.24) is 0 Å². The predicted octanol–water partition coefficient (Wildman–Crippen LogP) is 3.33. The molecule has 0 atom stereocenters. The molecule has 0 spiro atoms. The van der Waals surface area contributed by atoms with Crippen molar-refractivity contribution in [3.8, 4) is 11.5 Å². The lowest BCUT2D eigenvalue weighted by Crippen LogP contribution is -2.23. The molecule has 0 aliphatic heterocycles. The van der Waals surface area contributed by atoms with Crippen molar-refractivity contribution >= 4 is 33.5 Å². The second kappa shape index (κ2) is 9.08. The molecule has 25 heavy (non-hydrogen) atoms. The molecule has 0 saturated carbocycles. The second-order valence-corrected chi connectivity index (χ2v) is 6.01. The van der Waals surface area contributed by atoms with E-state index >= 15 is 0 Å². The fourth-order valence-electron chi connectivity index (χ4n) is 1.92. The highest BCUT2D eigenvalue weighted by Crippen LogP contribution is 2.25. The highest BCUT2D eigenvalue weighted by Gasteiger charge is 2.10. The van der Waals surface area contributed by atoms with Crippen LogP contribution in [-0.4, -0.2) is 32.2 Å². The number of amides is 1. The van der Waals surface area contributed by atoms with Gasteiger partial charge < -0.3 is 19.5 Å². The molecule has 2 rings (SSSR count). The minimum Gasteiger partial charge on any atom is -0.497 e. The number of halogens is 1. The fourth-order valence-corrected chi connectivity index (χ4v) is 2.53. The van der Waals surface area contributed by atoms with Crippen LogP contribution >= 0.6 is 15.9 Å². The van der Waals surface area contributed by atoms with E-state index in [9.17, 15) is 9.59 Å². The number of rotatable bonds is 7. The molecule has 0 aromatic heterocycles. The molecular weight excluding hydrogens is 390 g/mol. The van der Waals surface area contributed by atoms with Crippen LogP contribution in [0.5, 0.6) is 11.5 Å². The van der Waals surface area contributed by atoms with E-state index in [4.69, 9.17) is 14.2 Å². The van der Waals surface area contributed by atoms with Crippen LogP contribution in [0.25, 0.3) is 0 Å². The number of methoxy groups -OCH3 is 1. The van der Waals surface area contributed by atoms with E-state index in [1.807, 2.05) is 19.1 Å². The molecule has 2 aromatic rings. The molecule has 7 heteroatoms. The summed E-state index contributed by atoms with van der Waals surface area (Å²) in [6, 6.07) is 12.3. The average molecular weight is 408 g/mol. The summed E-state index contributed by atoms with van der Waals surface area (Å²) in [5.74, 6) is 0.154. The van der Waals surface area contributed by atoms with Crippen molar-refractivity contribution < 1.29 is 23.8 Å². The predicted molar refractivity (Wildman–Crippen MR) is 97.0 cm³/mol. The zero-order valence-electron chi connectivity index (χ0n) is 13.9. The van der Waals surface area contributed by atoms with Gasteiger partial charge in [0.15, 0.2) is 13.2 Å². The quantitative estimate of drug-likeness (QED) is 0.712. The minimum atomic E-state index is -0.627. The summed E-state index contributed by atoms with van der Waals surface area (Å²) in [7, 11) is 1.56. The van der Waals surface area contributed by atoms with E-state index in [-0.39, 0.29) is 13.2 Å². The van der Waals surface area contributed by atoms with Gasteiger partial charge in [-0.25, -0.2) is 4.79 Å². The Kier molecular flexibility index (Phi) is 6.82. The summed E-state index contributed by atoms with van der Waals surface area (Å²) in [4.78, 5) is 23.4. The Balaban J connectivity index is 1.74. The maximum Gasteiger partial charge on any atom is 0.344 e. The highest BCUT2D eigenvalue weighted by atomic mass is 79.9. The van der Waals surface area contributed by atoms with Crippen molar-refractivity contribution in [1.29, 1.82) is 0 Å². The molecule has 0 saturated heterocycles. The smallest absolute Gasteiger partial charge is 0.344 e. The molecule has 6 nitrogen and oxygen atoms in total. The lowest BCUT2D eigenvalue weighted by Gasteiger charge is -2.09. The maximum atomic E-state index is 11.8. The fraction of sp³-hybridized carbons (Fsp3) is 0.222. The number of carbonyl (C=O) groups excluding carboxylic acids is 2. The first-order valence-corrected chi connectivity index (χ1v) is 8.25. The number of esters is 1. The van der Waals surface area contributed by atoms with Crippen molar-refractivity contribution in [3.05, 3.63) is 52.5 Å². The summed E-state index contributed by atoms with van der Waals surface area (Å²) in [6.45, 7) is 1.28. The molecule has 2 aromatic carbocycles. The monoisotopic (exact) mass is 407 g/mol. The molecule has 1 N–H and O–H groups in total. The Bertz CT molecular complexity index is 746. The third-order valence-corrected chi connectivity index (χ3v) is 3.79. The van der Waals surface area contributed by atoms with Crippen molar-refractivity contribution in [2.75, 3.05) is 25.6 Å². The molecule has 0 heterocycles. The van der Waals surface area contributed by atoms with Gasteiger partial charge in [0.1, 0.15) is 11.5 Å². The number of anilines is 1. The van der Waals surface area contributed by atoms with Gasteiger partial charge in [-0.05, 0) is 64.8 Å². The third-order valence-electron chi connectivity index (χ3n) is 3.17. The molecule has 0 fully saturated rings. The van der Waals surface area contributed by atoms with E-state index in [1.165, 1.54) is 0 Å². The largest absolute Gasteiger partial charge is 0.497 e. The molecule has 0 bridgehead atoms. The lowest BCUT2D eigenvalue weighted by molar-refractivity contribution is -0.149. The van der Waals surface area contributed by atoms with Gasteiger partial charge >= 0.3 is 5.97 Å². The van der Waals surface area contributed by atoms with Crippen LogP contribution in [0.4, 0.5) is 5.69 Å². The first-order valence-electron chi connectivity index (χ1n) is 7.46. The van der Waals surface area contributed by atoms with Crippen molar-refractivity contribution in [3.63, 3.8) is 0 Å². The van der Waals surface area contributed by atoms with Gasteiger partial charge in [-0.3, -0.25) is 4.79 Å². The standard InChI is InChI=1S/C18H18BrNO5/c1-12-3-8-16(15(19)9-12)24-11-18(22)25-10-17(21)20-13-4-6-14(23-2)7-5-13/h3-9H,10-11H2,1-2H3,(H,20,21). The lowest BCUT2D eigenvalue weighted by atomic mass is 10.2. The maximum absolute atomic E-state index is 11.8. The van der Waals surface area contributed by atoms with E-state index in [0.717, 1.165) is 10.0 Å². The summed E-state index contributed by atoms with van der Waals surface area (Å²) in [5.41, 5.74) is 1.65. The topological polar surface area (TPSA) is 73.9 Å². The Morgan fingerprint density at radius 3 is 2.44 bits per heavy atom. The Hall–Kier alpha value is -2.54. The van der Waals surface area contributed by atoms with E-state index in [2.05, 4.69) is 21.2 Å². The van der Waals surface area contributed by atoms with Gasteiger partial charge in [0.25, 0.3) is 5.91 Å². The van der Waals surface area contributed by atoms with Gasteiger partial charge in [0, 0.05) is 5.69 Å². The van der Waals surface area contributed by atoms with Crippen LogP contribution in [0.1, 0.15) is 5.56 Å². The number of hydrogen-bond acceptors (Lipinski definition) is 5. The van der Waals surface area contributed by atoms with Crippen LogP contribution in [0.2, 0.25) is 0 Å². The number of benzene rings is 2. The first kappa shape index (κ1) is 18.8. The van der Waals surface area contributed by atoms with Gasteiger partial charge in [-0.2, -0.15) is 0 Å². The molecule has 1 amide bonds. The van der Waals surface area contributed by atoms with E-state index in [1.54, 1.807) is 37.4 Å². The number of carbonyl (C=O) groups is 2. The molecule has 0 unspecified atom stereocenters. The number of nitrogens with one attached hydrogen (secondary N) is 1. The Morgan fingerprint density at radius 2 is 1.80 bits per heavy atom. The molecule has 0 radical (unpaired) electrons. The summed E-state index contributed by atoms with van der Waals surface area (Å²) >= 11 is 3.36. The number of ether oxygens (including phenoxy) is 3.